The largest absolute Gasteiger partial charge is 0.486 e. The summed E-state index contributed by atoms with van der Waals surface area (Å²) < 4.78 is 24.3. The van der Waals surface area contributed by atoms with Gasteiger partial charge in [0.25, 0.3) is 0 Å². The average molecular weight is 307 g/mol. The molecule has 0 bridgehead atoms. The van der Waals surface area contributed by atoms with Crippen molar-refractivity contribution in [3.63, 3.8) is 0 Å². The highest BCUT2D eigenvalue weighted by Crippen LogP contribution is 2.32. The van der Waals surface area contributed by atoms with Crippen molar-refractivity contribution in [3.8, 4) is 11.5 Å². The maximum atomic E-state index is 13.4. The molecule has 3 nitrogen and oxygen atoms in total. The fourth-order valence-electron chi connectivity index (χ4n) is 2.17. The molecule has 0 aliphatic carbocycles. The molecule has 0 aromatic heterocycles. The first-order valence-electron chi connectivity index (χ1n) is 6.46. The van der Waals surface area contributed by atoms with Crippen LogP contribution in [0.2, 0.25) is 5.02 Å². The lowest BCUT2D eigenvalue weighted by Crippen LogP contribution is -2.16. The quantitative estimate of drug-likeness (QED) is 0.792. The fraction of sp³-hybridized carbons (Fsp3) is 0.188. The summed E-state index contributed by atoms with van der Waals surface area (Å²) in [6.45, 7) is 2.52. The number of hydrogen-bond donors (Lipinski definition) is 0. The van der Waals surface area contributed by atoms with Crippen molar-refractivity contribution in [2.45, 2.75) is 6.92 Å². The second-order valence-electron chi connectivity index (χ2n) is 4.77. The zero-order valence-corrected chi connectivity index (χ0v) is 12.0. The van der Waals surface area contributed by atoms with E-state index in [1.54, 1.807) is 25.1 Å². The number of halogens is 2. The molecule has 0 fully saturated rings. The van der Waals surface area contributed by atoms with Gasteiger partial charge in [-0.05, 0) is 42.8 Å². The third kappa shape index (κ3) is 2.59. The van der Waals surface area contributed by atoms with Gasteiger partial charge in [-0.15, -0.1) is 0 Å². The summed E-state index contributed by atoms with van der Waals surface area (Å²) in [5.74, 6) is 0.431. The smallest absolute Gasteiger partial charge is 0.194 e. The summed E-state index contributed by atoms with van der Waals surface area (Å²) in [6, 6.07) is 7.56. The molecule has 0 saturated carbocycles. The van der Waals surface area contributed by atoms with Gasteiger partial charge in [-0.2, -0.15) is 0 Å². The average Bonchev–Trinajstić information content (AvgIpc) is 2.50. The summed E-state index contributed by atoms with van der Waals surface area (Å²) in [5, 5.41) is 0.0954. The molecule has 0 amide bonds. The van der Waals surface area contributed by atoms with Crippen LogP contribution in [0.1, 0.15) is 21.5 Å². The third-order valence-corrected chi connectivity index (χ3v) is 3.61. The van der Waals surface area contributed by atoms with Crippen molar-refractivity contribution in [3.05, 3.63) is 57.9 Å². The van der Waals surface area contributed by atoms with Gasteiger partial charge in [-0.3, -0.25) is 4.79 Å². The zero-order valence-electron chi connectivity index (χ0n) is 11.3. The molecule has 5 heteroatoms. The van der Waals surface area contributed by atoms with Crippen LogP contribution in [0.15, 0.2) is 30.3 Å². The van der Waals surface area contributed by atoms with E-state index >= 15 is 0 Å². The van der Waals surface area contributed by atoms with Crippen molar-refractivity contribution in [2.75, 3.05) is 13.2 Å². The second-order valence-corrected chi connectivity index (χ2v) is 5.18. The number of fused-ring (bicyclic) bond motifs is 1. The predicted molar refractivity (Wildman–Crippen MR) is 77.0 cm³/mol. The molecule has 2 aromatic carbocycles. The second kappa shape index (κ2) is 5.37. The van der Waals surface area contributed by atoms with E-state index in [2.05, 4.69) is 0 Å². The summed E-state index contributed by atoms with van der Waals surface area (Å²) in [4.78, 5) is 12.5. The number of carbonyl (C=O) groups excluding carboxylic acids is 1. The lowest BCUT2D eigenvalue weighted by molar-refractivity contribution is 0.103. The molecule has 0 spiro atoms. The molecule has 1 heterocycles. The monoisotopic (exact) mass is 306 g/mol. The Morgan fingerprint density at radius 2 is 1.86 bits per heavy atom. The lowest BCUT2D eigenvalue weighted by atomic mass is 10.0. The van der Waals surface area contributed by atoms with Gasteiger partial charge in [0, 0.05) is 11.1 Å². The van der Waals surface area contributed by atoms with Gasteiger partial charge in [0.05, 0.1) is 5.02 Å². The Labute approximate surface area is 126 Å². The lowest BCUT2D eigenvalue weighted by Gasteiger charge is -2.18. The van der Waals surface area contributed by atoms with Crippen molar-refractivity contribution < 1.29 is 18.7 Å². The molecule has 1 aliphatic rings. The molecule has 0 atom stereocenters. The normalized spacial score (nSPS) is 13.1. The van der Waals surface area contributed by atoms with E-state index in [1.165, 1.54) is 6.07 Å². The fourth-order valence-corrected chi connectivity index (χ4v) is 2.41. The van der Waals surface area contributed by atoms with E-state index in [0.717, 1.165) is 6.07 Å². The van der Waals surface area contributed by atoms with Gasteiger partial charge in [-0.1, -0.05) is 11.6 Å². The standard InChI is InChI=1S/C16H12ClFO3/c1-9-6-11(12(17)8-13(9)18)16(19)10-2-3-14-15(7-10)21-5-4-20-14/h2-3,6-8H,4-5H2,1H3. The molecule has 3 rings (SSSR count). The van der Waals surface area contributed by atoms with Crippen LogP contribution < -0.4 is 9.47 Å². The van der Waals surface area contributed by atoms with E-state index in [1.807, 2.05) is 0 Å². The van der Waals surface area contributed by atoms with E-state index in [9.17, 15) is 9.18 Å². The Bertz CT molecular complexity index is 728. The Morgan fingerprint density at radius 3 is 2.62 bits per heavy atom. The molecule has 0 saturated heterocycles. The minimum atomic E-state index is -0.432. The predicted octanol–water partition coefficient (Wildman–Crippen LogP) is 3.79. The Hall–Kier alpha value is -2.07. The van der Waals surface area contributed by atoms with Crippen molar-refractivity contribution >= 4 is 17.4 Å². The Morgan fingerprint density at radius 1 is 1.14 bits per heavy atom. The van der Waals surface area contributed by atoms with Crippen LogP contribution in [0.5, 0.6) is 11.5 Å². The van der Waals surface area contributed by atoms with Crippen molar-refractivity contribution in [2.24, 2.45) is 0 Å². The molecular weight excluding hydrogens is 295 g/mol. The van der Waals surface area contributed by atoms with Crippen LogP contribution in [-0.2, 0) is 0 Å². The first-order chi connectivity index (χ1) is 10.1. The van der Waals surface area contributed by atoms with Crippen LogP contribution in [0.4, 0.5) is 4.39 Å². The maximum Gasteiger partial charge on any atom is 0.194 e. The molecule has 1 aliphatic heterocycles. The van der Waals surface area contributed by atoms with Crippen LogP contribution in [0.25, 0.3) is 0 Å². The summed E-state index contributed by atoms with van der Waals surface area (Å²) in [5.41, 5.74) is 1.07. The summed E-state index contributed by atoms with van der Waals surface area (Å²) >= 11 is 5.97. The molecule has 2 aromatic rings. The van der Waals surface area contributed by atoms with Gasteiger partial charge in [0.2, 0.25) is 0 Å². The van der Waals surface area contributed by atoms with Gasteiger partial charge in [0.1, 0.15) is 19.0 Å². The molecular formula is C16H12ClFO3. The van der Waals surface area contributed by atoms with Crippen molar-refractivity contribution in [1.82, 2.24) is 0 Å². The summed E-state index contributed by atoms with van der Waals surface area (Å²) in [6.07, 6.45) is 0. The van der Waals surface area contributed by atoms with Crippen LogP contribution in [0, 0.1) is 12.7 Å². The van der Waals surface area contributed by atoms with E-state index in [4.69, 9.17) is 21.1 Å². The molecule has 0 unspecified atom stereocenters. The summed E-state index contributed by atoms with van der Waals surface area (Å²) in [7, 11) is 0. The third-order valence-electron chi connectivity index (χ3n) is 3.30. The maximum absolute atomic E-state index is 13.4. The number of hydrogen-bond acceptors (Lipinski definition) is 3. The highest BCUT2D eigenvalue weighted by molar-refractivity contribution is 6.35. The van der Waals surface area contributed by atoms with E-state index < -0.39 is 5.82 Å². The number of ether oxygens (including phenoxy) is 2. The number of carbonyl (C=O) groups is 1. The Balaban J connectivity index is 2.01. The highest BCUT2D eigenvalue weighted by Gasteiger charge is 2.19. The number of ketones is 1. The van der Waals surface area contributed by atoms with Crippen LogP contribution in [-0.4, -0.2) is 19.0 Å². The first kappa shape index (κ1) is 13.9. The van der Waals surface area contributed by atoms with Crippen LogP contribution in [0.3, 0.4) is 0 Å². The molecule has 0 radical (unpaired) electrons. The first-order valence-corrected chi connectivity index (χ1v) is 6.84. The zero-order chi connectivity index (χ0) is 15.0. The number of aryl methyl sites for hydroxylation is 1. The number of rotatable bonds is 2. The van der Waals surface area contributed by atoms with Crippen molar-refractivity contribution in [1.29, 1.82) is 0 Å². The van der Waals surface area contributed by atoms with Gasteiger partial charge in [-0.25, -0.2) is 4.39 Å². The topological polar surface area (TPSA) is 35.5 Å². The van der Waals surface area contributed by atoms with Gasteiger partial charge in [0.15, 0.2) is 17.3 Å². The SMILES string of the molecule is Cc1cc(C(=O)c2ccc3c(c2)OCCO3)c(Cl)cc1F. The molecule has 0 N–H and O–H groups in total. The minimum Gasteiger partial charge on any atom is -0.486 e. The Kier molecular flexibility index (Phi) is 3.55. The van der Waals surface area contributed by atoms with E-state index in [-0.39, 0.29) is 16.4 Å². The van der Waals surface area contributed by atoms with Gasteiger partial charge < -0.3 is 9.47 Å². The van der Waals surface area contributed by atoms with E-state index in [0.29, 0.717) is 35.8 Å². The number of benzene rings is 2. The minimum absolute atomic E-state index is 0.0954. The molecule has 108 valence electrons. The molecule has 21 heavy (non-hydrogen) atoms. The highest BCUT2D eigenvalue weighted by atomic mass is 35.5. The van der Waals surface area contributed by atoms with Crippen LogP contribution >= 0.6 is 11.6 Å². The van der Waals surface area contributed by atoms with Gasteiger partial charge >= 0.3 is 0 Å².